The summed E-state index contributed by atoms with van der Waals surface area (Å²) in [6.07, 6.45) is 13.2. The van der Waals surface area contributed by atoms with Gasteiger partial charge in [-0.15, -0.1) is 0 Å². The van der Waals surface area contributed by atoms with Crippen molar-refractivity contribution >= 4 is 0 Å². The third-order valence-electron chi connectivity index (χ3n) is 5.73. The van der Waals surface area contributed by atoms with Gasteiger partial charge in [0.1, 0.15) is 0 Å². The average molecular weight is 285 g/mol. The SMILES string of the molecule is Cc1cccc(CNC2CCCCC2C2CCCCC2)c1. The number of nitrogens with one attached hydrogen (secondary N) is 1. The molecule has 1 nitrogen and oxygen atoms in total. The molecule has 1 aromatic rings. The van der Waals surface area contributed by atoms with E-state index in [9.17, 15) is 0 Å². The molecule has 0 radical (unpaired) electrons. The lowest BCUT2D eigenvalue weighted by Crippen LogP contribution is -2.42. The predicted octanol–water partition coefficient (Wildman–Crippen LogP) is 5.22. The number of hydrogen-bond acceptors (Lipinski definition) is 1. The smallest absolute Gasteiger partial charge is 0.0208 e. The van der Waals surface area contributed by atoms with Crippen molar-refractivity contribution in [2.75, 3.05) is 0 Å². The topological polar surface area (TPSA) is 12.0 Å². The van der Waals surface area contributed by atoms with Crippen LogP contribution in [0, 0.1) is 18.8 Å². The van der Waals surface area contributed by atoms with Crippen molar-refractivity contribution in [2.45, 2.75) is 77.3 Å². The highest BCUT2D eigenvalue weighted by atomic mass is 14.9. The molecule has 2 saturated carbocycles. The summed E-state index contributed by atoms with van der Waals surface area (Å²) < 4.78 is 0. The molecule has 21 heavy (non-hydrogen) atoms. The number of aryl methyl sites for hydroxylation is 1. The second kappa shape index (κ2) is 7.45. The van der Waals surface area contributed by atoms with Gasteiger partial charge in [0.2, 0.25) is 0 Å². The van der Waals surface area contributed by atoms with E-state index in [0.29, 0.717) is 0 Å². The normalized spacial score (nSPS) is 27.7. The summed E-state index contributed by atoms with van der Waals surface area (Å²) in [7, 11) is 0. The first-order valence-corrected chi connectivity index (χ1v) is 9.12. The van der Waals surface area contributed by atoms with Gasteiger partial charge in [0.15, 0.2) is 0 Å². The van der Waals surface area contributed by atoms with Crippen LogP contribution in [0.5, 0.6) is 0 Å². The van der Waals surface area contributed by atoms with Crippen LogP contribution in [-0.4, -0.2) is 6.04 Å². The van der Waals surface area contributed by atoms with Gasteiger partial charge in [-0.1, -0.05) is 74.8 Å². The van der Waals surface area contributed by atoms with Crippen molar-refractivity contribution in [1.82, 2.24) is 5.32 Å². The van der Waals surface area contributed by atoms with Crippen LogP contribution < -0.4 is 5.32 Å². The van der Waals surface area contributed by atoms with E-state index >= 15 is 0 Å². The molecule has 2 aliphatic carbocycles. The molecule has 0 saturated heterocycles. The Bertz CT molecular complexity index is 433. The number of rotatable bonds is 4. The van der Waals surface area contributed by atoms with Crippen LogP contribution in [0.2, 0.25) is 0 Å². The van der Waals surface area contributed by atoms with Gasteiger partial charge in [0.05, 0.1) is 0 Å². The van der Waals surface area contributed by atoms with E-state index in [1.54, 1.807) is 0 Å². The largest absolute Gasteiger partial charge is 0.310 e. The van der Waals surface area contributed by atoms with E-state index in [1.165, 1.54) is 68.9 Å². The number of hydrogen-bond donors (Lipinski definition) is 1. The van der Waals surface area contributed by atoms with E-state index in [2.05, 4.69) is 36.5 Å². The van der Waals surface area contributed by atoms with Crippen LogP contribution in [-0.2, 0) is 6.54 Å². The first-order valence-electron chi connectivity index (χ1n) is 9.12. The monoisotopic (exact) mass is 285 g/mol. The number of benzene rings is 1. The molecule has 1 aromatic carbocycles. The molecule has 0 heterocycles. The van der Waals surface area contributed by atoms with Crippen LogP contribution in [0.3, 0.4) is 0 Å². The van der Waals surface area contributed by atoms with Crippen LogP contribution >= 0.6 is 0 Å². The summed E-state index contributed by atoms with van der Waals surface area (Å²) in [6, 6.07) is 9.73. The first-order chi connectivity index (χ1) is 10.3. The zero-order chi connectivity index (χ0) is 14.5. The van der Waals surface area contributed by atoms with Gasteiger partial charge >= 0.3 is 0 Å². The predicted molar refractivity (Wildman–Crippen MR) is 90.3 cm³/mol. The van der Waals surface area contributed by atoms with Crippen molar-refractivity contribution in [3.05, 3.63) is 35.4 Å². The quantitative estimate of drug-likeness (QED) is 0.799. The molecule has 1 heteroatoms. The average Bonchev–Trinajstić information content (AvgIpc) is 2.54. The maximum Gasteiger partial charge on any atom is 0.0208 e. The van der Waals surface area contributed by atoms with E-state index in [4.69, 9.17) is 0 Å². The van der Waals surface area contributed by atoms with Gasteiger partial charge in [-0.25, -0.2) is 0 Å². The molecule has 2 unspecified atom stereocenters. The third-order valence-corrected chi connectivity index (χ3v) is 5.73. The minimum absolute atomic E-state index is 0.766. The fourth-order valence-electron chi connectivity index (χ4n) is 4.61. The van der Waals surface area contributed by atoms with E-state index in [-0.39, 0.29) is 0 Å². The maximum absolute atomic E-state index is 3.91. The molecular weight excluding hydrogens is 254 g/mol. The van der Waals surface area contributed by atoms with Gasteiger partial charge < -0.3 is 5.32 Å². The summed E-state index contributed by atoms with van der Waals surface area (Å²) in [5.41, 5.74) is 2.82. The van der Waals surface area contributed by atoms with Crippen molar-refractivity contribution in [2.24, 2.45) is 11.8 Å². The Labute approximate surface area is 130 Å². The highest BCUT2D eigenvalue weighted by Gasteiger charge is 2.31. The highest BCUT2D eigenvalue weighted by molar-refractivity contribution is 5.22. The first kappa shape index (κ1) is 15.1. The molecule has 2 fully saturated rings. The standard InChI is InChI=1S/C20H31N/c1-16-8-7-9-17(14-16)15-21-20-13-6-5-12-19(20)18-10-3-2-4-11-18/h7-9,14,18-21H,2-6,10-13,15H2,1H3. The molecule has 0 amide bonds. The van der Waals surface area contributed by atoms with E-state index in [0.717, 1.165) is 24.4 Å². The van der Waals surface area contributed by atoms with Crippen molar-refractivity contribution < 1.29 is 0 Å². The Morgan fingerprint density at radius 1 is 0.952 bits per heavy atom. The van der Waals surface area contributed by atoms with Gasteiger partial charge in [-0.05, 0) is 37.2 Å². The lowest BCUT2D eigenvalue weighted by Gasteiger charge is -2.39. The van der Waals surface area contributed by atoms with Crippen molar-refractivity contribution in [1.29, 1.82) is 0 Å². The van der Waals surface area contributed by atoms with Gasteiger partial charge in [-0.2, -0.15) is 0 Å². The zero-order valence-electron chi connectivity index (χ0n) is 13.6. The second-order valence-electron chi connectivity index (χ2n) is 7.32. The van der Waals surface area contributed by atoms with E-state index in [1.807, 2.05) is 0 Å². The molecule has 1 N–H and O–H groups in total. The third kappa shape index (κ3) is 4.10. The van der Waals surface area contributed by atoms with Gasteiger partial charge in [0.25, 0.3) is 0 Å². The minimum atomic E-state index is 0.766. The minimum Gasteiger partial charge on any atom is -0.310 e. The van der Waals surface area contributed by atoms with E-state index < -0.39 is 0 Å². The molecular formula is C20H31N. The van der Waals surface area contributed by atoms with Gasteiger partial charge in [-0.3, -0.25) is 0 Å². The van der Waals surface area contributed by atoms with Gasteiger partial charge in [0, 0.05) is 12.6 Å². The molecule has 0 spiro atoms. The Morgan fingerprint density at radius 3 is 2.52 bits per heavy atom. The summed E-state index contributed by atoms with van der Waals surface area (Å²) in [5, 5.41) is 3.91. The van der Waals surface area contributed by atoms with Crippen LogP contribution in [0.15, 0.2) is 24.3 Å². The molecule has 0 aromatic heterocycles. The summed E-state index contributed by atoms with van der Waals surface area (Å²) in [4.78, 5) is 0. The summed E-state index contributed by atoms with van der Waals surface area (Å²) in [5.74, 6) is 1.96. The molecule has 2 atom stereocenters. The molecule has 116 valence electrons. The Kier molecular flexibility index (Phi) is 5.35. The fraction of sp³-hybridized carbons (Fsp3) is 0.700. The van der Waals surface area contributed by atoms with Crippen LogP contribution in [0.4, 0.5) is 0 Å². The zero-order valence-corrected chi connectivity index (χ0v) is 13.6. The molecule has 0 aliphatic heterocycles. The highest BCUT2D eigenvalue weighted by Crippen LogP contribution is 2.38. The Balaban J connectivity index is 1.58. The maximum atomic E-state index is 3.91. The van der Waals surface area contributed by atoms with Crippen molar-refractivity contribution in [3.8, 4) is 0 Å². The van der Waals surface area contributed by atoms with Crippen molar-refractivity contribution in [3.63, 3.8) is 0 Å². The van der Waals surface area contributed by atoms with Crippen LogP contribution in [0.1, 0.15) is 68.9 Å². The Hall–Kier alpha value is -0.820. The second-order valence-corrected chi connectivity index (χ2v) is 7.32. The molecule has 0 bridgehead atoms. The van der Waals surface area contributed by atoms with Crippen LogP contribution in [0.25, 0.3) is 0 Å². The Morgan fingerprint density at radius 2 is 1.71 bits per heavy atom. The fourth-order valence-corrected chi connectivity index (χ4v) is 4.61. The summed E-state index contributed by atoms with van der Waals surface area (Å²) >= 11 is 0. The lowest BCUT2D eigenvalue weighted by molar-refractivity contribution is 0.149. The lowest BCUT2D eigenvalue weighted by atomic mass is 9.71. The summed E-state index contributed by atoms with van der Waals surface area (Å²) in [6.45, 7) is 3.24. The molecule has 3 rings (SSSR count). The molecule has 2 aliphatic rings.